The highest BCUT2D eigenvalue weighted by molar-refractivity contribution is 7.18. The molecule has 1 unspecified atom stereocenters. The zero-order valence-electron chi connectivity index (χ0n) is 9.51. The fourth-order valence-electron chi connectivity index (χ4n) is 1.48. The summed E-state index contributed by atoms with van der Waals surface area (Å²) in [6.45, 7) is 6.68. The van der Waals surface area contributed by atoms with E-state index in [0.717, 1.165) is 0 Å². The van der Waals surface area contributed by atoms with Gasteiger partial charge in [0.25, 0.3) is 0 Å². The van der Waals surface area contributed by atoms with Crippen molar-refractivity contribution >= 4 is 9.24 Å². The Kier molecular flexibility index (Phi) is 4.13. The van der Waals surface area contributed by atoms with Crippen LogP contribution in [0.15, 0.2) is 24.3 Å². The van der Waals surface area contributed by atoms with Crippen LogP contribution in [0.25, 0.3) is 0 Å². The van der Waals surface area contributed by atoms with Gasteiger partial charge in [0.2, 0.25) is 0 Å². The molecule has 1 atom stereocenters. The third kappa shape index (κ3) is 3.42. The predicted octanol–water partition coefficient (Wildman–Crippen LogP) is 4.14. The topological polar surface area (TPSA) is 0 Å². The molecule has 1 heteroatoms. The van der Waals surface area contributed by atoms with Gasteiger partial charge in [-0.1, -0.05) is 51.5 Å². The highest BCUT2D eigenvalue weighted by Crippen LogP contribution is 2.30. The number of rotatable bonds is 4. The van der Waals surface area contributed by atoms with Gasteiger partial charge in [-0.3, -0.25) is 0 Å². The standard InChI is InChI=1S/C13H21P/c1-4-5-6-11-7-9-12(10-8-11)13(2,3)14/h7-10H,4-6,14H2,1-3H3. The molecule has 0 saturated heterocycles. The Hall–Kier alpha value is -0.350. The van der Waals surface area contributed by atoms with Crippen molar-refractivity contribution in [2.45, 2.75) is 45.2 Å². The number of hydrogen-bond acceptors (Lipinski definition) is 0. The molecule has 1 aromatic rings. The Labute approximate surface area is 90.3 Å². The van der Waals surface area contributed by atoms with Crippen LogP contribution in [-0.2, 0) is 11.6 Å². The van der Waals surface area contributed by atoms with E-state index < -0.39 is 0 Å². The molecule has 0 N–H and O–H groups in total. The van der Waals surface area contributed by atoms with Crippen molar-refractivity contribution in [3.05, 3.63) is 35.4 Å². The van der Waals surface area contributed by atoms with E-state index in [9.17, 15) is 0 Å². The quantitative estimate of drug-likeness (QED) is 0.652. The van der Waals surface area contributed by atoms with Crippen molar-refractivity contribution < 1.29 is 0 Å². The molecule has 0 heterocycles. The molecule has 0 fully saturated rings. The monoisotopic (exact) mass is 208 g/mol. The van der Waals surface area contributed by atoms with Gasteiger partial charge in [-0.05, 0) is 24.0 Å². The number of hydrogen-bond donors (Lipinski definition) is 0. The SMILES string of the molecule is CCCCc1ccc(C(C)(C)P)cc1. The summed E-state index contributed by atoms with van der Waals surface area (Å²) < 4.78 is 0. The highest BCUT2D eigenvalue weighted by atomic mass is 31.0. The van der Waals surface area contributed by atoms with Crippen LogP contribution < -0.4 is 0 Å². The van der Waals surface area contributed by atoms with E-state index in [-0.39, 0.29) is 5.16 Å². The van der Waals surface area contributed by atoms with Crippen LogP contribution in [0.2, 0.25) is 0 Å². The maximum absolute atomic E-state index is 2.88. The summed E-state index contributed by atoms with van der Waals surface area (Å²) in [5, 5.41) is 0.198. The molecule has 0 aliphatic heterocycles. The largest absolute Gasteiger partial charge is 0.127 e. The number of aryl methyl sites for hydroxylation is 1. The van der Waals surface area contributed by atoms with E-state index in [1.165, 1.54) is 30.4 Å². The molecule has 0 nitrogen and oxygen atoms in total. The highest BCUT2D eigenvalue weighted by Gasteiger charge is 2.12. The van der Waals surface area contributed by atoms with Crippen molar-refractivity contribution in [3.63, 3.8) is 0 Å². The van der Waals surface area contributed by atoms with Crippen LogP contribution in [-0.4, -0.2) is 0 Å². The lowest BCUT2D eigenvalue weighted by molar-refractivity contribution is 0.774. The Morgan fingerprint density at radius 2 is 1.71 bits per heavy atom. The normalized spacial score (nSPS) is 11.7. The van der Waals surface area contributed by atoms with Crippen LogP contribution >= 0.6 is 9.24 Å². The van der Waals surface area contributed by atoms with Gasteiger partial charge in [-0.25, -0.2) is 0 Å². The Balaban J connectivity index is 2.69. The first-order chi connectivity index (χ1) is 6.54. The summed E-state index contributed by atoms with van der Waals surface area (Å²) in [6, 6.07) is 9.02. The molecule has 1 aromatic carbocycles. The van der Waals surface area contributed by atoms with E-state index in [1.54, 1.807) is 0 Å². The summed E-state index contributed by atoms with van der Waals surface area (Å²) in [4.78, 5) is 0. The molecular formula is C13H21P. The molecule has 0 radical (unpaired) electrons. The van der Waals surface area contributed by atoms with Crippen molar-refractivity contribution in [1.29, 1.82) is 0 Å². The third-order valence-electron chi connectivity index (χ3n) is 2.52. The molecule has 78 valence electrons. The summed E-state index contributed by atoms with van der Waals surface area (Å²) in [5.41, 5.74) is 2.85. The smallest absolute Gasteiger partial charge is 0.00413 e. The molecule has 0 spiro atoms. The van der Waals surface area contributed by atoms with E-state index in [1.807, 2.05) is 0 Å². The zero-order chi connectivity index (χ0) is 10.6. The van der Waals surface area contributed by atoms with Gasteiger partial charge in [0.05, 0.1) is 0 Å². The van der Waals surface area contributed by atoms with Crippen molar-refractivity contribution in [2.75, 3.05) is 0 Å². The van der Waals surface area contributed by atoms with E-state index in [4.69, 9.17) is 0 Å². The molecule has 14 heavy (non-hydrogen) atoms. The second-order valence-corrected chi connectivity index (χ2v) is 5.97. The van der Waals surface area contributed by atoms with Crippen LogP contribution in [0.4, 0.5) is 0 Å². The molecule has 0 bridgehead atoms. The molecule has 0 aromatic heterocycles. The maximum atomic E-state index is 2.88. The van der Waals surface area contributed by atoms with Crippen molar-refractivity contribution in [1.82, 2.24) is 0 Å². The minimum absolute atomic E-state index is 0.198. The number of benzene rings is 1. The average molecular weight is 208 g/mol. The third-order valence-corrected chi connectivity index (χ3v) is 2.85. The zero-order valence-corrected chi connectivity index (χ0v) is 10.7. The van der Waals surface area contributed by atoms with Crippen molar-refractivity contribution in [3.8, 4) is 0 Å². The van der Waals surface area contributed by atoms with Gasteiger partial charge in [0, 0.05) is 5.16 Å². The predicted molar refractivity (Wildman–Crippen MR) is 67.8 cm³/mol. The van der Waals surface area contributed by atoms with Gasteiger partial charge >= 0.3 is 0 Å². The Morgan fingerprint density at radius 3 is 2.14 bits per heavy atom. The lowest BCUT2D eigenvalue weighted by atomic mass is 9.99. The Morgan fingerprint density at radius 1 is 1.14 bits per heavy atom. The Bertz CT molecular complexity index is 266. The van der Waals surface area contributed by atoms with E-state index in [0.29, 0.717) is 0 Å². The average Bonchev–Trinajstić information content (AvgIpc) is 2.14. The minimum Gasteiger partial charge on any atom is -0.127 e. The molecule has 0 aliphatic carbocycles. The van der Waals surface area contributed by atoms with E-state index >= 15 is 0 Å². The van der Waals surface area contributed by atoms with Gasteiger partial charge < -0.3 is 0 Å². The van der Waals surface area contributed by atoms with Crippen LogP contribution in [0.5, 0.6) is 0 Å². The summed E-state index contributed by atoms with van der Waals surface area (Å²) >= 11 is 0. The van der Waals surface area contributed by atoms with Gasteiger partial charge in [0.1, 0.15) is 0 Å². The fraction of sp³-hybridized carbons (Fsp3) is 0.538. The van der Waals surface area contributed by atoms with Gasteiger partial charge in [-0.2, -0.15) is 0 Å². The lowest BCUT2D eigenvalue weighted by Gasteiger charge is -2.18. The van der Waals surface area contributed by atoms with Crippen LogP contribution in [0.3, 0.4) is 0 Å². The molecule has 0 saturated carbocycles. The first-order valence-corrected chi connectivity index (χ1v) is 6.00. The molecule has 0 amide bonds. The lowest BCUT2D eigenvalue weighted by Crippen LogP contribution is -2.06. The second kappa shape index (κ2) is 4.94. The van der Waals surface area contributed by atoms with Crippen LogP contribution in [0.1, 0.15) is 44.7 Å². The maximum Gasteiger partial charge on any atom is 0.00413 e. The van der Waals surface area contributed by atoms with Crippen LogP contribution in [0, 0.1) is 0 Å². The first kappa shape index (κ1) is 11.7. The summed E-state index contributed by atoms with van der Waals surface area (Å²) in [6.07, 6.45) is 3.79. The first-order valence-electron chi connectivity index (χ1n) is 5.42. The molecule has 1 rings (SSSR count). The van der Waals surface area contributed by atoms with E-state index in [2.05, 4.69) is 54.3 Å². The summed E-state index contributed by atoms with van der Waals surface area (Å²) in [5.74, 6) is 0. The fourth-order valence-corrected chi connectivity index (χ4v) is 1.67. The molecule has 0 aliphatic rings. The van der Waals surface area contributed by atoms with Crippen molar-refractivity contribution in [2.24, 2.45) is 0 Å². The second-order valence-electron chi connectivity index (χ2n) is 4.52. The molecular weight excluding hydrogens is 187 g/mol. The minimum atomic E-state index is 0.198. The van der Waals surface area contributed by atoms with Gasteiger partial charge in [-0.15, -0.1) is 9.24 Å². The van der Waals surface area contributed by atoms with Gasteiger partial charge in [0.15, 0.2) is 0 Å². The number of unbranched alkanes of at least 4 members (excludes halogenated alkanes) is 1. The summed E-state index contributed by atoms with van der Waals surface area (Å²) in [7, 11) is 2.88.